The standard InChI is InChI=1S/C14H20N2O5S/c1-11-2-3-12(22(19,20)15-4-7-17)10-13(11)14(18)16-5-8-21-9-6-16/h2-3,10,15,17H,4-9H2,1H3. The van der Waals surface area contributed by atoms with Crippen LogP contribution in [-0.4, -0.2) is 63.8 Å². The van der Waals surface area contributed by atoms with Crippen LogP contribution in [0.2, 0.25) is 0 Å². The molecule has 0 aromatic heterocycles. The number of aliphatic hydroxyl groups excluding tert-OH is 1. The quantitative estimate of drug-likeness (QED) is 0.776. The maximum Gasteiger partial charge on any atom is 0.254 e. The highest BCUT2D eigenvalue weighted by Crippen LogP contribution is 2.18. The average Bonchev–Trinajstić information content (AvgIpc) is 2.53. The van der Waals surface area contributed by atoms with Gasteiger partial charge in [-0.3, -0.25) is 4.79 Å². The number of hydrogen-bond donors (Lipinski definition) is 2. The lowest BCUT2D eigenvalue weighted by molar-refractivity contribution is 0.0302. The molecule has 0 radical (unpaired) electrons. The van der Waals surface area contributed by atoms with Gasteiger partial charge in [0, 0.05) is 25.2 Å². The van der Waals surface area contributed by atoms with Crippen molar-refractivity contribution >= 4 is 15.9 Å². The first-order chi connectivity index (χ1) is 10.5. The maximum atomic E-state index is 12.5. The Morgan fingerprint density at radius 2 is 2.05 bits per heavy atom. The van der Waals surface area contributed by atoms with Crippen molar-refractivity contribution in [3.05, 3.63) is 29.3 Å². The number of hydrogen-bond acceptors (Lipinski definition) is 5. The second-order valence-electron chi connectivity index (χ2n) is 5.00. The third kappa shape index (κ3) is 3.83. The number of sulfonamides is 1. The molecule has 1 aliphatic rings. The van der Waals surface area contributed by atoms with Gasteiger partial charge in [-0.05, 0) is 24.6 Å². The largest absolute Gasteiger partial charge is 0.395 e. The average molecular weight is 328 g/mol. The molecule has 1 aromatic rings. The van der Waals surface area contributed by atoms with Gasteiger partial charge in [0.1, 0.15) is 0 Å². The van der Waals surface area contributed by atoms with Crippen molar-refractivity contribution in [3.63, 3.8) is 0 Å². The van der Waals surface area contributed by atoms with Crippen molar-refractivity contribution in [1.29, 1.82) is 0 Å². The van der Waals surface area contributed by atoms with Crippen molar-refractivity contribution < 1.29 is 23.1 Å². The summed E-state index contributed by atoms with van der Waals surface area (Å²) in [5.41, 5.74) is 1.09. The fourth-order valence-corrected chi connectivity index (χ4v) is 3.25. The van der Waals surface area contributed by atoms with Gasteiger partial charge in [-0.1, -0.05) is 6.07 Å². The number of nitrogens with one attached hydrogen (secondary N) is 1. The Balaban J connectivity index is 2.28. The van der Waals surface area contributed by atoms with Crippen LogP contribution >= 0.6 is 0 Å². The number of nitrogens with zero attached hydrogens (tertiary/aromatic N) is 1. The molecule has 1 aliphatic heterocycles. The summed E-state index contributed by atoms with van der Waals surface area (Å²) in [5.74, 6) is -0.194. The summed E-state index contributed by atoms with van der Waals surface area (Å²) in [4.78, 5) is 14.2. The van der Waals surface area contributed by atoms with Crippen LogP contribution in [0.4, 0.5) is 0 Å². The fraction of sp³-hybridized carbons (Fsp3) is 0.500. The van der Waals surface area contributed by atoms with E-state index in [1.807, 2.05) is 0 Å². The monoisotopic (exact) mass is 328 g/mol. The third-order valence-electron chi connectivity index (χ3n) is 3.45. The minimum Gasteiger partial charge on any atom is -0.395 e. The Bertz CT molecular complexity index is 639. The van der Waals surface area contributed by atoms with E-state index in [1.165, 1.54) is 12.1 Å². The van der Waals surface area contributed by atoms with Crippen molar-refractivity contribution in [2.24, 2.45) is 0 Å². The summed E-state index contributed by atoms with van der Waals surface area (Å²) in [6.07, 6.45) is 0. The van der Waals surface area contributed by atoms with Crippen LogP contribution in [0.25, 0.3) is 0 Å². The molecule has 0 atom stereocenters. The van der Waals surface area contributed by atoms with E-state index in [4.69, 9.17) is 9.84 Å². The number of rotatable bonds is 5. The minimum absolute atomic E-state index is 0.0168. The summed E-state index contributed by atoms with van der Waals surface area (Å²) < 4.78 is 31.7. The van der Waals surface area contributed by atoms with Crippen LogP contribution in [0.3, 0.4) is 0 Å². The molecule has 1 saturated heterocycles. The fourth-order valence-electron chi connectivity index (χ4n) is 2.20. The molecule has 122 valence electrons. The van der Waals surface area contributed by atoms with Gasteiger partial charge >= 0.3 is 0 Å². The van der Waals surface area contributed by atoms with E-state index in [0.29, 0.717) is 31.9 Å². The molecule has 0 aliphatic carbocycles. The molecule has 8 heteroatoms. The zero-order valence-electron chi connectivity index (χ0n) is 12.4. The molecule has 0 saturated carbocycles. The first-order valence-electron chi connectivity index (χ1n) is 7.04. The Morgan fingerprint density at radius 1 is 1.36 bits per heavy atom. The molecule has 1 fully saturated rings. The number of amides is 1. The lowest BCUT2D eigenvalue weighted by Crippen LogP contribution is -2.41. The SMILES string of the molecule is Cc1ccc(S(=O)(=O)NCCO)cc1C(=O)N1CCOCC1. The van der Waals surface area contributed by atoms with Gasteiger partial charge < -0.3 is 14.7 Å². The molecular weight excluding hydrogens is 308 g/mol. The normalized spacial score (nSPS) is 15.8. The van der Waals surface area contributed by atoms with Gasteiger partial charge in [-0.15, -0.1) is 0 Å². The topological polar surface area (TPSA) is 95.9 Å². The van der Waals surface area contributed by atoms with Gasteiger partial charge in [0.15, 0.2) is 0 Å². The Hall–Kier alpha value is -1.48. The molecule has 1 amide bonds. The Morgan fingerprint density at radius 3 is 2.68 bits per heavy atom. The van der Waals surface area contributed by atoms with E-state index in [2.05, 4.69) is 4.72 Å². The highest BCUT2D eigenvalue weighted by Gasteiger charge is 2.22. The number of carbonyl (C=O) groups excluding carboxylic acids is 1. The highest BCUT2D eigenvalue weighted by atomic mass is 32.2. The molecular formula is C14H20N2O5S. The van der Waals surface area contributed by atoms with E-state index in [9.17, 15) is 13.2 Å². The van der Waals surface area contributed by atoms with E-state index in [-0.39, 0.29) is 24.0 Å². The van der Waals surface area contributed by atoms with Crippen molar-refractivity contribution in [2.45, 2.75) is 11.8 Å². The van der Waals surface area contributed by atoms with E-state index in [1.54, 1.807) is 17.9 Å². The van der Waals surface area contributed by atoms with Gasteiger partial charge in [-0.25, -0.2) is 13.1 Å². The zero-order chi connectivity index (χ0) is 16.2. The predicted molar refractivity (Wildman–Crippen MR) is 80.2 cm³/mol. The van der Waals surface area contributed by atoms with Crippen molar-refractivity contribution in [2.75, 3.05) is 39.5 Å². The summed E-state index contributed by atoms with van der Waals surface area (Å²) in [5, 5.41) is 8.73. The van der Waals surface area contributed by atoms with Crippen LogP contribution in [0.1, 0.15) is 15.9 Å². The predicted octanol–water partition coefficient (Wildman–Crippen LogP) is -0.262. The van der Waals surface area contributed by atoms with Crippen LogP contribution in [0.5, 0.6) is 0 Å². The molecule has 0 spiro atoms. The van der Waals surface area contributed by atoms with E-state index >= 15 is 0 Å². The highest BCUT2D eigenvalue weighted by molar-refractivity contribution is 7.89. The number of aryl methyl sites for hydroxylation is 1. The molecule has 7 nitrogen and oxygen atoms in total. The summed E-state index contributed by atoms with van der Waals surface area (Å²) in [7, 11) is -3.73. The van der Waals surface area contributed by atoms with Crippen LogP contribution in [0.15, 0.2) is 23.1 Å². The van der Waals surface area contributed by atoms with Gasteiger partial charge in [0.05, 0.1) is 24.7 Å². The molecule has 1 heterocycles. The second-order valence-corrected chi connectivity index (χ2v) is 6.77. The number of carbonyl (C=O) groups is 1. The van der Waals surface area contributed by atoms with Gasteiger partial charge in [0.2, 0.25) is 10.0 Å². The Kier molecular flexibility index (Phi) is 5.52. The zero-order valence-corrected chi connectivity index (χ0v) is 13.2. The maximum absolute atomic E-state index is 12.5. The first kappa shape index (κ1) is 16.9. The molecule has 1 aromatic carbocycles. The molecule has 0 unspecified atom stereocenters. The van der Waals surface area contributed by atoms with E-state index < -0.39 is 10.0 Å². The minimum atomic E-state index is -3.73. The van der Waals surface area contributed by atoms with Gasteiger partial charge in [0.25, 0.3) is 5.91 Å². The first-order valence-corrected chi connectivity index (χ1v) is 8.52. The molecule has 2 N–H and O–H groups in total. The number of morpholine rings is 1. The van der Waals surface area contributed by atoms with Crippen LogP contribution in [0, 0.1) is 6.92 Å². The van der Waals surface area contributed by atoms with Gasteiger partial charge in [-0.2, -0.15) is 0 Å². The number of ether oxygens (including phenoxy) is 1. The lowest BCUT2D eigenvalue weighted by atomic mass is 10.1. The van der Waals surface area contributed by atoms with Crippen LogP contribution < -0.4 is 4.72 Å². The van der Waals surface area contributed by atoms with Crippen molar-refractivity contribution in [3.8, 4) is 0 Å². The van der Waals surface area contributed by atoms with Crippen LogP contribution in [-0.2, 0) is 14.8 Å². The number of aliphatic hydroxyl groups is 1. The molecule has 22 heavy (non-hydrogen) atoms. The smallest absolute Gasteiger partial charge is 0.254 e. The summed E-state index contributed by atoms with van der Waals surface area (Å²) >= 11 is 0. The number of benzene rings is 1. The Labute approximate surface area is 129 Å². The van der Waals surface area contributed by atoms with Crippen molar-refractivity contribution in [1.82, 2.24) is 9.62 Å². The van der Waals surface area contributed by atoms with E-state index in [0.717, 1.165) is 5.56 Å². The second kappa shape index (κ2) is 7.19. The summed E-state index contributed by atoms with van der Waals surface area (Å²) in [6.45, 7) is 3.39. The third-order valence-corrected chi connectivity index (χ3v) is 4.91. The summed E-state index contributed by atoms with van der Waals surface area (Å²) in [6, 6.07) is 4.44. The molecule has 2 rings (SSSR count). The molecule has 0 bridgehead atoms. The lowest BCUT2D eigenvalue weighted by Gasteiger charge is -2.27.